The topological polar surface area (TPSA) is 41.5 Å². The van der Waals surface area contributed by atoms with Crippen LogP contribution in [0.5, 0.6) is 0 Å². The van der Waals surface area contributed by atoms with Crippen molar-refractivity contribution in [1.29, 1.82) is 0 Å². The van der Waals surface area contributed by atoms with Crippen LogP contribution in [-0.4, -0.2) is 36.5 Å². The monoisotopic (exact) mass is 229 g/mol. The molecule has 0 aromatic heterocycles. The first-order valence-electron chi connectivity index (χ1n) is 6.53. The normalized spacial score (nSPS) is 24.9. The van der Waals surface area contributed by atoms with E-state index >= 15 is 0 Å². The molecule has 2 unspecified atom stereocenters. The lowest BCUT2D eigenvalue weighted by atomic mass is 9.92. The Morgan fingerprint density at radius 2 is 2.25 bits per heavy atom. The van der Waals surface area contributed by atoms with Crippen molar-refractivity contribution in [2.75, 3.05) is 19.8 Å². The summed E-state index contributed by atoms with van der Waals surface area (Å²) in [6.07, 6.45) is 4.85. The van der Waals surface area contributed by atoms with E-state index in [1.54, 1.807) is 0 Å². The molecule has 96 valence electrons. The van der Waals surface area contributed by atoms with Crippen LogP contribution in [0.2, 0.25) is 0 Å². The van der Waals surface area contributed by atoms with Gasteiger partial charge in [0, 0.05) is 18.7 Å². The summed E-state index contributed by atoms with van der Waals surface area (Å²) in [4.78, 5) is 0. The van der Waals surface area contributed by atoms with Crippen molar-refractivity contribution in [2.24, 2.45) is 5.92 Å². The fourth-order valence-electron chi connectivity index (χ4n) is 2.00. The van der Waals surface area contributed by atoms with E-state index in [1.165, 1.54) is 6.42 Å². The fourth-order valence-corrected chi connectivity index (χ4v) is 2.00. The highest BCUT2D eigenvalue weighted by Crippen LogP contribution is 2.18. The average molecular weight is 229 g/mol. The van der Waals surface area contributed by atoms with Crippen molar-refractivity contribution in [2.45, 2.75) is 58.1 Å². The molecule has 0 bridgehead atoms. The van der Waals surface area contributed by atoms with Crippen LogP contribution in [0, 0.1) is 5.92 Å². The van der Waals surface area contributed by atoms with Crippen LogP contribution in [0.4, 0.5) is 0 Å². The van der Waals surface area contributed by atoms with E-state index in [2.05, 4.69) is 26.1 Å². The molecule has 1 heterocycles. The van der Waals surface area contributed by atoms with Crippen LogP contribution < -0.4 is 5.32 Å². The molecule has 1 aliphatic rings. The van der Waals surface area contributed by atoms with Crippen molar-refractivity contribution in [1.82, 2.24) is 5.32 Å². The lowest BCUT2D eigenvalue weighted by Crippen LogP contribution is -2.48. The van der Waals surface area contributed by atoms with Crippen LogP contribution in [0.1, 0.15) is 46.5 Å². The van der Waals surface area contributed by atoms with Gasteiger partial charge in [-0.05, 0) is 38.5 Å². The summed E-state index contributed by atoms with van der Waals surface area (Å²) in [7, 11) is 0. The number of aliphatic hydroxyl groups excluding tert-OH is 1. The maximum absolute atomic E-state index is 9.47. The Morgan fingerprint density at radius 3 is 2.75 bits per heavy atom. The predicted octanol–water partition coefficient (Wildman–Crippen LogP) is 1.94. The minimum atomic E-state index is -0.143. The molecule has 0 saturated carbocycles. The van der Waals surface area contributed by atoms with Crippen LogP contribution >= 0.6 is 0 Å². The van der Waals surface area contributed by atoms with Crippen LogP contribution in [0.25, 0.3) is 0 Å². The second-order valence-corrected chi connectivity index (χ2v) is 5.67. The Morgan fingerprint density at radius 1 is 1.50 bits per heavy atom. The Balaban J connectivity index is 2.27. The average Bonchev–Trinajstić information content (AvgIpc) is 2.76. The van der Waals surface area contributed by atoms with Crippen LogP contribution in [0.15, 0.2) is 0 Å². The molecule has 0 radical (unpaired) electrons. The molecule has 2 N–H and O–H groups in total. The highest BCUT2D eigenvalue weighted by Gasteiger charge is 2.25. The number of ether oxygens (including phenoxy) is 1. The molecule has 3 heteroatoms. The number of hydrogen-bond donors (Lipinski definition) is 2. The van der Waals surface area contributed by atoms with Gasteiger partial charge in [-0.1, -0.05) is 13.8 Å². The number of hydrogen-bond acceptors (Lipinski definition) is 3. The molecule has 1 rings (SSSR count). The molecule has 0 aromatic rings. The summed E-state index contributed by atoms with van der Waals surface area (Å²) >= 11 is 0. The van der Waals surface area contributed by atoms with Crippen LogP contribution in [-0.2, 0) is 4.74 Å². The summed E-state index contributed by atoms with van der Waals surface area (Å²) < 4.78 is 5.57. The first kappa shape index (κ1) is 13.9. The maximum atomic E-state index is 9.47. The molecule has 0 aromatic carbocycles. The molecule has 0 amide bonds. The second kappa shape index (κ2) is 6.58. The largest absolute Gasteiger partial charge is 0.394 e. The SMILES string of the molecule is CC(C)CCC(C)(CO)NCC1CCCO1. The molecule has 16 heavy (non-hydrogen) atoms. The highest BCUT2D eigenvalue weighted by atomic mass is 16.5. The summed E-state index contributed by atoms with van der Waals surface area (Å²) in [5.41, 5.74) is -0.143. The van der Waals surface area contributed by atoms with E-state index in [4.69, 9.17) is 4.74 Å². The minimum absolute atomic E-state index is 0.143. The molecule has 3 nitrogen and oxygen atoms in total. The van der Waals surface area contributed by atoms with Gasteiger partial charge >= 0.3 is 0 Å². The third-order valence-electron chi connectivity index (χ3n) is 3.40. The van der Waals surface area contributed by atoms with Gasteiger partial charge in [-0.2, -0.15) is 0 Å². The third-order valence-corrected chi connectivity index (χ3v) is 3.40. The lowest BCUT2D eigenvalue weighted by molar-refractivity contribution is 0.0880. The second-order valence-electron chi connectivity index (χ2n) is 5.67. The lowest BCUT2D eigenvalue weighted by Gasteiger charge is -2.31. The van der Waals surface area contributed by atoms with Gasteiger partial charge in [-0.25, -0.2) is 0 Å². The Hall–Kier alpha value is -0.120. The number of nitrogens with one attached hydrogen (secondary N) is 1. The van der Waals surface area contributed by atoms with Crippen molar-refractivity contribution in [3.63, 3.8) is 0 Å². The van der Waals surface area contributed by atoms with E-state index in [0.717, 1.165) is 32.4 Å². The van der Waals surface area contributed by atoms with Crippen molar-refractivity contribution in [3.8, 4) is 0 Å². The smallest absolute Gasteiger partial charge is 0.0700 e. The van der Waals surface area contributed by atoms with Gasteiger partial charge in [0.2, 0.25) is 0 Å². The first-order valence-corrected chi connectivity index (χ1v) is 6.53. The standard InChI is InChI=1S/C13H27NO2/c1-11(2)6-7-13(3,10-15)14-9-12-5-4-8-16-12/h11-12,14-15H,4-10H2,1-3H3. The zero-order chi connectivity index (χ0) is 12.0. The number of rotatable bonds is 7. The van der Waals surface area contributed by atoms with Gasteiger partial charge in [0.25, 0.3) is 0 Å². The van der Waals surface area contributed by atoms with Gasteiger partial charge in [0.05, 0.1) is 12.7 Å². The van der Waals surface area contributed by atoms with Crippen LogP contribution in [0.3, 0.4) is 0 Å². The zero-order valence-electron chi connectivity index (χ0n) is 11.0. The minimum Gasteiger partial charge on any atom is -0.394 e. The van der Waals surface area contributed by atoms with E-state index in [0.29, 0.717) is 12.0 Å². The van der Waals surface area contributed by atoms with E-state index in [9.17, 15) is 5.11 Å². The summed E-state index contributed by atoms with van der Waals surface area (Å²) in [6, 6.07) is 0. The quantitative estimate of drug-likeness (QED) is 0.701. The molecule has 0 spiro atoms. The Kier molecular flexibility index (Phi) is 5.73. The van der Waals surface area contributed by atoms with Crippen molar-refractivity contribution < 1.29 is 9.84 Å². The van der Waals surface area contributed by atoms with Gasteiger partial charge in [-0.15, -0.1) is 0 Å². The Bertz CT molecular complexity index is 190. The van der Waals surface area contributed by atoms with E-state index in [1.807, 2.05) is 0 Å². The number of aliphatic hydroxyl groups is 1. The maximum Gasteiger partial charge on any atom is 0.0700 e. The molecule has 1 saturated heterocycles. The molecule has 1 aliphatic heterocycles. The van der Waals surface area contributed by atoms with Gasteiger partial charge < -0.3 is 15.2 Å². The first-order chi connectivity index (χ1) is 7.56. The van der Waals surface area contributed by atoms with Gasteiger partial charge in [-0.3, -0.25) is 0 Å². The summed E-state index contributed by atoms with van der Waals surface area (Å²) in [6.45, 7) is 8.51. The predicted molar refractivity (Wildman–Crippen MR) is 66.5 cm³/mol. The summed E-state index contributed by atoms with van der Waals surface area (Å²) in [5.74, 6) is 0.690. The molecular formula is C13H27NO2. The van der Waals surface area contributed by atoms with Gasteiger partial charge in [0.1, 0.15) is 0 Å². The van der Waals surface area contributed by atoms with Crippen molar-refractivity contribution in [3.05, 3.63) is 0 Å². The molecular weight excluding hydrogens is 202 g/mol. The van der Waals surface area contributed by atoms with Gasteiger partial charge in [0.15, 0.2) is 0 Å². The highest BCUT2D eigenvalue weighted by molar-refractivity contribution is 4.84. The van der Waals surface area contributed by atoms with E-state index in [-0.39, 0.29) is 12.1 Å². The third kappa shape index (κ3) is 4.81. The molecule has 0 aliphatic carbocycles. The molecule has 2 atom stereocenters. The van der Waals surface area contributed by atoms with Crippen molar-refractivity contribution >= 4 is 0 Å². The summed E-state index contributed by atoms with van der Waals surface area (Å²) in [5, 5.41) is 12.9. The molecule has 1 fully saturated rings. The van der Waals surface area contributed by atoms with E-state index < -0.39 is 0 Å². The zero-order valence-corrected chi connectivity index (χ0v) is 11.0. The Labute approximate surface area is 99.6 Å². The fraction of sp³-hybridized carbons (Fsp3) is 1.00.